The second-order valence-electron chi connectivity index (χ2n) is 6.05. The predicted octanol–water partition coefficient (Wildman–Crippen LogP) is 3.68. The van der Waals surface area contributed by atoms with E-state index < -0.39 is 0 Å². The van der Waals surface area contributed by atoms with E-state index in [0.717, 1.165) is 43.4 Å². The SMILES string of the molecule is O=C(NC1CCCCCC1)NC1CCCc2occc21. The summed E-state index contributed by atoms with van der Waals surface area (Å²) in [5.74, 6) is 1.04. The number of hydrogen-bond acceptors (Lipinski definition) is 2. The van der Waals surface area contributed by atoms with Crippen molar-refractivity contribution in [1.82, 2.24) is 10.6 Å². The molecule has 0 spiro atoms. The van der Waals surface area contributed by atoms with Crippen LogP contribution in [0.2, 0.25) is 0 Å². The van der Waals surface area contributed by atoms with E-state index in [4.69, 9.17) is 4.42 Å². The van der Waals surface area contributed by atoms with Gasteiger partial charge in [0.15, 0.2) is 0 Å². The summed E-state index contributed by atoms with van der Waals surface area (Å²) >= 11 is 0. The van der Waals surface area contributed by atoms with Crippen molar-refractivity contribution in [3.63, 3.8) is 0 Å². The molecule has 110 valence electrons. The molecule has 0 radical (unpaired) electrons. The van der Waals surface area contributed by atoms with Gasteiger partial charge in [0.05, 0.1) is 12.3 Å². The molecule has 1 aromatic rings. The summed E-state index contributed by atoms with van der Waals surface area (Å²) in [6.45, 7) is 0. The molecule has 3 rings (SSSR count). The van der Waals surface area contributed by atoms with Crippen LogP contribution in [0.15, 0.2) is 16.7 Å². The number of carbonyl (C=O) groups excluding carboxylic acids is 1. The molecule has 0 bridgehead atoms. The fraction of sp³-hybridized carbons (Fsp3) is 0.688. The van der Waals surface area contributed by atoms with Crippen LogP contribution in [0.3, 0.4) is 0 Å². The number of fused-ring (bicyclic) bond motifs is 1. The number of amides is 2. The molecule has 1 heterocycles. The first-order chi connectivity index (χ1) is 9.83. The maximum atomic E-state index is 12.2. The predicted molar refractivity (Wildman–Crippen MR) is 77.5 cm³/mol. The highest BCUT2D eigenvalue weighted by molar-refractivity contribution is 5.74. The Labute approximate surface area is 120 Å². The topological polar surface area (TPSA) is 54.3 Å². The minimum atomic E-state index is -0.0176. The zero-order chi connectivity index (χ0) is 13.8. The maximum Gasteiger partial charge on any atom is 0.315 e. The molecule has 20 heavy (non-hydrogen) atoms. The summed E-state index contributed by atoms with van der Waals surface area (Å²) in [5, 5.41) is 6.27. The van der Waals surface area contributed by atoms with Crippen LogP contribution in [0.1, 0.15) is 68.7 Å². The van der Waals surface area contributed by atoms with Crippen molar-refractivity contribution in [3.05, 3.63) is 23.7 Å². The van der Waals surface area contributed by atoms with Crippen molar-refractivity contribution in [2.45, 2.75) is 69.9 Å². The van der Waals surface area contributed by atoms with Gasteiger partial charge in [0.25, 0.3) is 0 Å². The van der Waals surface area contributed by atoms with Crippen molar-refractivity contribution in [2.75, 3.05) is 0 Å². The lowest BCUT2D eigenvalue weighted by atomic mass is 9.93. The summed E-state index contributed by atoms with van der Waals surface area (Å²) < 4.78 is 5.46. The minimum absolute atomic E-state index is 0.0176. The molecule has 0 aliphatic heterocycles. The van der Waals surface area contributed by atoms with Gasteiger partial charge in [0.1, 0.15) is 5.76 Å². The summed E-state index contributed by atoms with van der Waals surface area (Å²) in [5.41, 5.74) is 1.16. The molecule has 1 unspecified atom stereocenters. The van der Waals surface area contributed by atoms with Crippen molar-refractivity contribution < 1.29 is 9.21 Å². The van der Waals surface area contributed by atoms with Crippen molar-refractivity contribution in [3.8, 4) is 0 Å². The molecule has 2 amide bonds. The van der Waals surface area contributed by atoms with Crippen LogP contribution >= 0.6 is 0 Å². The zero-order valence-electron chi connectivity index (χ0n) is 12.0. The van der Waals surface area contributed by atoms with Gasteiger partial charge < -0.3 is 15.1 Å². The fourth-order valence-electron chi connectivity index (χ4n) is 3.45. The number of urea groups is 1. The first-order valence-electron chi connectivity index (χ1n) is 7.96. The highest BCUT2D eigenvalue weighted by atomic mass is 16.3. The van der Waals surface area contributed by atoms with Gasteiger partial charge in [-0.3, -0.25) is 0 Å². The molecule has 0 aromatic carbocycles. The Balaban J connectivity index is 1.54. The largest absolute Gasteiger partial charge is 0.469 e. The molecular formula is C16H24N2O2. The number of hydrogen-bond donors (Lipinski definition) is 2. The lowest BCUT2D eigenvalue weighted by Gasteiger charge is -2.24. The third kappa shape index (κ3) is 3.17. The number of aryl methyl sites for hydroxylation is 1. The molecule has 1 fully saturated rings. The van der Waals surface area contributed by atoms with Crippen LogP contribution < -0.4 is 10.6 Å². The van der Waals surface area contributed by atoms with Crippen LogP contribution in [-0.2, 0) is 6.42 Å². The summed E-state index contributed by atoms with van der Waals surface area (Å²) in [6.07, 6.45) is 12.1. The van der Waals surface area contributed by atoms with E-state index in [1.165, 1.54) is 25.7 Å². The molecule has 4 heteroatoms. The van der Waals surface area contributed by atoms with E-state index in [2.05, 4.69) is 10.6 Å². The Morgan fingerprint density at radius 1 is 1.05 bits per heavy atom. The fourth-order valence-corrected chi connectivity index (χ4v) is 3.45. The normalized spacial score (nSPS) is 23.7. The van der Waals surface area contributed by atoms with Gasteiger partial charge in [0, 0.05) is 18.0 Å². The Morgan fingerprint density at radius 2 is 1.85 bits per heavy atom. The Morgan fingerprint density at radius 3 is 2.65 bits per heavy atom. The second-order valence-corrected chi connectivity index (χ2v) is 6.05. The van der Waals surface area contributed by atoms with Crippen LogP contribution in [0.25, 0.3) is 0 Å². The van der Waals surface area contributed by atoms with Gasteiger partial charge in [-0.1, -0.05) is 25.7 Å². The molecule has 4 nitrogen and oxygen atoms in total. The lowest BCUT2D eigenvalue weighted by molar-refractivity contribution is 0.230. The second kappa shape index (κ2) is 6.33. The number of rotatable bonds is 2. The third-order valence-electron chi connectivity index (χ3n) is 4.55. The monoisotopic (exact) mass is 276 g/mol. The van der Waals surface area contributed by atoms with E-state index in [-0.39, 0.29) is 12.1 Å². The first-order valence-corrected chi connectivity index (χ1v) is 7.96. The van der Waals surface area contributed by atoms with E-state index >= 15 is 0 Å². The molecule has 2 N–H and O–H groups in total. The van der Waals surface area contributed by atoms with E-state index in [1.54, 1.807) is 6.26 Å². The van der Waals surface area contributed by atoms with Crippen LogP contribution in [0.5, 0.6) is 0 Å². The Kier molecular flexibility index (Phi) is 4.28. The smallest absolute Gasteiger partial charge is 0.315 e. The van der Waals surface area contributed by atoms with Crippen LogP contribution in [-0.4, -0.2) is 12.1 Å². The van der Waals surface area contributed by atoms with Gasteiger partial charge in [-0.05, 0) is 31.7 Å². The van der Waals surface area contributed by atoms with Crippen molar-refractivity contribution in [1.29, 1.82) is 0 Å². The van der Waals surface area contributed by atoms with Gasteiger partial charge in [-0.2, -0.15) is 0 Å². The van der Waals surface area contributed by atoms with Gasteiger partial charge >= 0.3 is 6.03 Å². The van der Waals surface area contributed by atoms with Crippen molar-refractivity contribution in [2.24, 2.45) is 0 Å². The third-order valence-corrected chi connectivity index (χ3v) is 4.55. The van der Waals surface area contributed by atoms with Gasteiger partial charge in [-0.15, -0.1) is 0 Å². The highest BCUT2D eigenvalue weighted by Crippen LogP contribution is 2.30. The molecule has 0 saturated heterocycles. The molecule has 2 aliphatic carbocycles. The zero-order valence-corrected chi connectivity index (χ0v) is 12.0. The number of nitrogens with one attached hydrogen (secondary N) is 2. The molecular weight excluding hydrogens is 252 g/mol. The van der Waals surface area contributed by atoms with Crippen LogP contribution in [0, 0.1) is 0 Å². The Hall–Kier alpha value is -1.45. The van der Waals surface area contributed by atoms with E-state index in [1.807, 2.05) is 6.07 Å². The molecule has 1 atom stereocenters. The average molecular weight is 276 g/mol. The van der Waals surface area contributed by atoms with E-state index in [0.29, 0.717) is 6.04 Å². The quantitative estimate of drug-likeness (QED) is 0.810. The van der Waals surface area contributed by atoms with Gasteiger partial charge in [0.2, 0.25) is 0 Å². The summed E-state index contributed by atoms with van der Waals surface area (Å²) in [7, 11) is 0. The lowest BCUT2D eigenvalue weighted by Crippen LogP contribution is -2.43. The summed E-state index contributed by atoms with van der Waals surface area (Å²) in [6, 6.07) is 2.44. The van der Waals surface area contributed by atoms with Crippen LogP contribution in [0.4, 0.5) is 4.79 Å². The highest BCUT2D eigenvalue weighted by Gasteiger charge is 2.24. The Bertz CT molecular complexity index is 447. The summed E-state index contributed by atoms with van der Waals surface area (Å²) in [4.78, 5) is 12.2. The standard InChI is InChI=1S/C16H24N2O2/c19-16(17-12-6-3-1-2-4-7-12)18-14-8-5-9-15-13(14)10-11-20-15/h10-12,14H,1-9H2,(H2,17,18,19). The first kappa shape index (κ1) is 13.5. The molecule has 2 aliphatic rings. The average Bonchev–Trinajstić information content (AvgIpc) is 2.78. The van der Waals surface area contributed by atoms with Gasteiger partial charge in [-0.25, -0.2) is 4.79 Å². The number of furan rings is 1. The maximum absolute atomic E-state index is 12.2. The number of carbonyl (C=O) groups is 1. The molecule has 1 saturated carbocycles. The minimum Gasteiger partial charge on any atom is -0.469 e. The van der Waals surface area contributed by atoms with E-state index in [9.17, 15) is 4.79 Å². The van der Waals surface area contributed by atoms with Crippen molar-refractivity contribution >= 4 is 6.03 Å². The molecule has 1 aromatic heterocycles.